The van der Waals surface area contributed by atoms with E-state index in [-0.39, 0.29) is 66.2 Å². The minimum Gasteiger partial charge on any atom is -0.508 e. The molecule has 0 spiro atoms. The van der Waals surface area contributed by atoms with Crippen LogP contribution in [0.1, 0.15) is 120 Å². The topological polar surface area (TPSA) is 92.1 Å². The van der Waals surface area contributed by atoms with E-state index in [4.69, 9.17) is 9.31 Å². The van der Waals surface area contributed by atoms with Gasteiger partial charge in [0.15, 0.2) is 0 Å². The zero-order valence-corrected chi connectivity index (χ0v) is 44.0. The van der Waals surface area contributed by atoms with Crippen molar-refractivity contribution in [2.45, 2.75) is 116 Å². The van der Waals surface area contributed by atoms with Gasteiger partial charge in [0.2, 0.25) is 6.43 Å². The number of nitrogens with zero attached hydrogens (tertiary/aromatic N) is 4. The maximum Gasteiger partial charge on any atom is 0.495 e. The molecule has 4 aromatic rings. The van der Waals surface area contributed by atoms with Crippen molar-refractivity contribution in [1.29, 1.82) is 0 Å². The zero-order chi connectivity index (χ0) is 50.7. The Morgan fingerprint density at radius 2 is 0.929 bits per heavy atom. The Labute approximate surface area is 432 Å². The minimum absolute atomic E-state index is 0. The van der Waals surface area contributed by atoms with Crippen LogP contribution in [0.25, 0.3) is 0 Å². The zero-order valence-electron chi connectivity index (χ0n) is 41.1. The maximum atomic E-state index is 13.3. The first-order chi connectivity index (χ1) is 32.3. The number of phenols is 1. The van der Waals surface area contributed by atoms with Crippen molar-refractivity contribution in [3.05, 3.63) is 121 Å². The molecule has 1 saturated heterocycles. The van der Waals surface area contributed by atoms with Crippen molar-refractivity contribution in [1.82, 2.24) is 19.6 Å². The second kappa shape index (κ2) is 24.4. The van der Waals surface area contributed by atoms with Crippen molar-refractivity contribution < 1.29 is 92.3 Å². The number of hydrogen-bond acceptors (Lipinski definition) is 9. The second-order valence-corrected chi connectivity index (χ2v) is 19.7. The Morgan fingerprint density at radius 3 is 1.41 bits per heavy atom. The van der Waals surface area contributed by atoms with Crippen LogP contribution in [0.2, 0.25) is 0 Å². The van der Waals surface area contributed by atoms with Gasteiger partial charge in [0.25, 0.3) is 19.3 Å². The summed E-state index contributed by atoms with van der Waals surface area (Å²) in [4.78, 5) is 8.44. The van der Waals surface area contributed by atoms with Crippen LogP contribution < -0.4 is 10.9 Å². The van der Waals surface area contributed by atoms with E-state index in [1.165, 1.54) is 30.3 Å². The Kier molecular flexibility index (Phi) is 20.2. The summed E-state index contributed by atoms with van der Waals surface area (Å²) in [6.07, 6.45) is -6.95. The molecule has 0 aliphatic carbocycles. The molecular formula is C50H63B2F8N4O5Y-. The number of fused-ring (bicyclic) bond motifs is 4. The van der Waals surface area contributed by atoms with Crippen LogP contribution in [0.5, 0.6) is 5.75 Å². The summed E-state index contributed by atoms with van der Waals surface area (Å²) >= 11 is 0. The first-order valence-electron chi connectivity index (χ1n) is 23.1. The van der Waals surface area contributed by atoms with Gasteiger partial charge in [0.1, 0.15) is 5.75 Å². The minimum atomic E-state index is -2.59. The van der Waals surface area contributed by atoms with E-state index in [1.54, 1.807) is 18.2 Å². The van der Waals surface area contributed by atoms with Crippen LogP contribution >= 0.6 is 0 Å². The van der Waals surface area contributed by atoms with Crippen LogP contribution in [0, 0.1) is 6.07 Å². The molecule has 9 nitrogen and oxygen atoms in total. The van der Waals surface area contributed by atoms with E-state index in [1.807, 2.05) is 60.8 Å². The van der Waals surface area contributed by atoms with Crippen molar-refractivity contribution in [2.75, 3.05) is 54.4 Å². The third-order valence-electron chi connectivity index (χ3n) is 13.8. The molecule has 4 aromatic carbocycles. The van der Waals surface area contributed by atoms with Gasteiger partial charge in [-0.25, -0.2) is 35.1 Å². The van der Waals surface area contributed by atoms with E-state index in [0.29, 0.717) is 19.5 Å². The van der Waals surface area contributed by atoms with Crippen molar-refractivity contribution in [3.8, 4) is 5.75 Å². The normalized spacial score (nSPS) is 18.6. The molecule has 3 N–H and O–H groups in total. The fourth-order valence-corrected chi connectivity index (χ4v) is 9.06. The smallest absolute Gasteiger partial charge is 0.495 e. The Balaban J connectivity index is 0.000000176. The molecule has 0 saturated carbocycles. The summed E-state index contributed by atoms with van der Waals surface area (Å²) in [5, 5.41) is 28.2. The second-order valence-electron chi connectivity index (χ2n) is 19.7. The van der Waals surface area contributed by atoms with E-state index in [0.717, 1.165) is 109 Å². The summed E-state index contributed by atoms with van der Waals surface area (Å²) in [6.45, 7) is 14.1. The Hall–Kier alpha value is -2.97. The van der Waals surface area contributed by atoms with Crippen LogP contribution in [0.15, 0.2) is 48.5 Å². The molecule has 1 fully saturated rings. The molecule has 70 heavy (non-hydrogen) atoms. The van der Waals surface area contributed by atoms with Gasteiger partial charge in [0.05, 0.1) is 11.2 Å². The van der Waals surface area contributed by atoms with Crippen LogP contribution in [-0.4, -0.2) is 115 Å². The number of hydrogen-bond donors (Lipinski definition) is 3. The molecule has 0 amide bonds. The van der Waals surface area contributed by atoms with E-state index >= 15 is 0 Å². The molecule has 0 unspecified atom stereocenters. The Bertz CT molecular complexity index is 2400. The van der Waals surface area contributed by atoms with Gasteiger partial charge in [-0.2, -0.15) is 18.2 Å². The predicted molar refractivity (Wildman–Crippen MR) is 252 cm³/mol. The first kappa shape index (κ1) is 57.9. The average molecular weight is 1060 g/mol. The average Bonchev–Trinajstić information content (AvgIpc) is 3.51. The van der Waals surface area contributed by atoms with Crippen LogP contribution in [0.3, 0.4) is 0 Å². The number of rotatable bonds is 6. The molecule has 0 bridgehead atoms. The number of phenolic OH excluding ortho intramolecular Hbond substituents is 1. The summed E-state index contributed by atoms with van der Waals surface area (Å²) in [6, 6.07) is 14.5. The van der Waals surface area contributed by atoms with E-state index in [9.17, 15) is 50.3 Å². The fourth-order valence-electron chi connectivity index (χ4n) is 9.06. The summed E-state index contributed by atoms with van der Waals surface area (Å²) in [7, 11) is 5.63. The molecule has 0 aromatic heterocycles. The van der Waals surface area contributed by atoms with Gasteiger partial charge in [-0.05, 0) is 145 Å². The fraction of sp³-hybridized carbons (Fsp3) is 0.520. The van der Waals surface area contributed by atoms with Gasteiger partial charge in [-0.15, -0.1) is 11.1 Å². The maximum absolute atomic E-state index is 13.3. The van der Waals surface area contributed by atoms with E-state index < -0.39 is 51.1 Å². The summed E-state index contributed by atoms with van der Waals surface area (Å²) < 4.78 is 114. The molecule has 5 aliphatic heterocycles. The SMILES string of the molecule is CN1CCc2cc(C(F)F)c[c-]c2C1.CN1CCc2cc(C(F)F)cc(B(O)O)c2C1.CN1CCc2cc(C(F)F)cc(B3OC(C)(C)C(C)(C)O3)c2C1.CN1CCc2cc(C(F)F)cc(O)c2C1.[Y]. The third kappa shape index (κ3) is 14.2. The first-order valence-corrected chi connectivity index (χ1v) is 23.1. The quantitative estimate of drug-likeness (QED) is 0.101. The summed E-state index contributed by atoms with van der Waals surface area (Å²) in [5.41, 5.74) is 7.25. The summed E-state index contributed by atoms with van der Waals surface area (Å²) in [5.74, 6) is -0.00523. The molecular weight excluding hydrogens is 999 g/mol. The van der Waals surface area contributed by atoms with Gasteiger partial charge < -0.3 is 44.1 Å². The number of aromatic hydroxyl groups is 1. The van der Waals surface area contributed by atoms with Crippen molar-refractivity contribution in [3.63, 3.8) is 0 Å². The van der Waals surface area contributed by atoms with Gasteiger partial charge in [-0.1, -0.05) is 24.1 Å². The number of halogens is 8. The molecule has 1 radical (unpaired) electrons. The van der Waals surface area contributed by atoms with Gasteiger partial charge in [0, 0.05) is 101 Å². The van der Waals surface area contributed by atoms with Gasteiger partial charge >= 0.3 is 14.2 Å². The molecule has 379 valence electrons. The molecule has 20 heteroatoms. The van der Waals surface area contributed by atoms with Gasteiger partial charge in [-0.3, -0.25) is 0 Å². The number of benzene rings is 4. The third-order valence-corrected chi connectivity index (χ3v) is 13.8. The standard InChI is InChI=1S/C17H24BF2NO2.C11H14BF2NO2.C11H13F2NO.C11H12F2N.Y/c1-16(2)17(3,4)23-18(22-16)14-9-12(15(19)20)8-11-6-7-21(5)10-13(11)14;1-15-3-2-7-4-8(11(13)14)5-10(12(16)17)9(7)6-15;1-14-3-2-7-4-8(11(12)13)5-10(15)9(7)6-14;1-14-5-4-8-6-9(11(12)13)2-3-10(8)7-14;/h8-9,15H,6-7,10H2,1-5H3;4-5,11,16-17H,2-3,6H2,1H3;4-5,11,15H,2-3,6H2,1H3;2,6,11H,4-5,7H2,1H3;/q;;;-1;. The predicted octanol–water partition coefficient (Wildman–Crippen LogP) is 7.93. The number of alkyl halides is 8. The Morgan fingerprint density at radius 1 is 0.543 bits per heavy atom. The van der Waals surface area contributed by atoms with Crippen molar-refractivity contribution in [2.24, 2.45) is 0 Å². The van der Waals surface area contributed by atoms with Crippen molar-refractivity contribution >= 4 is 25.2 Å². The largest absolute Gasteiger partial charge is 0.508 e. The van der Waals surface area contributed by atoms with E-state index in [2.05, 4.69) is 20.8 Å². The number of likely N-dealkylation sites (N-methyl/N-ethyl adjacent to an activating group) is 4. The molecule has 0 atom stereocenters. The molecule has 5 heterocycles. The van der Waals surface area contributed by atoms with Crippen LogP contribution in [-0.2, 0) is 93.9 Å². The monoisotopic (exact) mass is 1060 g/mol. The van der Waals surface area contributed by atoms with Crippen LogP contribution in [0.4, 0.5) is 35.1 Å². The molecule has 9 rings (SSSR count). The molecule has 5 aliphatic rings.